The van der Waals surface area contributed by atoms with Gasteiger partial charge >= 0.3 is 0 Å². The quantitative estimate of drug-likeness (QED) is 0.811. The fourth-order valence-electron chi connectivity index (χ4n) is 2.01. The highest BCUT2D eigenvalue weighted by Gasteiger charge is 2.32. The van der Waals surface area contributed by atoms with E-state index in [9.17, 15) is 9.59 Å². The second-order valence-electron chi connectivity index (χ2n) is 4.79. The van der Waals surface area contributed by atoms with E-state index in [0.717, 1.165) is 12.0 Å². The standard InChI is InChI=1S/C15H18N2O2/c1-3-10(2)13-15(19)16-12(14(18)17-13)9-11-7-5-4-6-8-11/h4-10,13H,3H2,1-2H3,(H,16,19)(H,17,18)/b12-9+/t10-,13-/m1/s1. The minimum absolute atomic E-state index is 0.127. The molecule has 2 atom stereocenters. The second kappa shape index (κ2) is 5.69. The van der Waals surface area contributed by atoms with Crippen LogP contribution in [0.4, 0.5) is 0 Å². The fraction of sp³-hybridized carbons (Fsp3) is 0.333. The minimum Gasteiger partial charge on any atom is -0.339 e. The predicted molar refractivity (Wildman–Crippen MR) is 73.9 cm³/mol. The molecule has 2 amide bonds. The summed E-state index contributed by atoms with van der Waals surface area (Å²) in [4.78, 5) is 24.0. The zero-order chi connectivity index (χ0) is 13.8. The van der Waals surface area contributed by atoms with Crippen LogP contribution in [0.1, 0.15) is 25.8 Å². The van der Waals surface area contributed by atoms with Crippen molar-refractivity contribution in [3.05, 3.63) is 41.6 Å². The molecular formula is C15H18N2O2. The minimum atomic E-state index is -0.439. The maximum Gasteiger partial charge on any atom is 0.268 e. The largest absolute Gasteiger partial charge is 0.339 e. The Morgan fingerprint density at radius 3 is 2.58 bits per heavy atom. The van der Waals surface area contributed by atoms with Gasteiger partial charge in [-0.25, -0.2) is 0 Å². The third-order valence-corrected chi connectivity index (χ3v) is 3.40. The van der Waals surface area contributed by atoms with E-state index in [2.05, 4.69) is 10.6 Å². The number of rotatable bonds is 3. The van der Waals surface area contributed by atoms with Crippen LogP contribution in [-0.4, -0.2) is 17.9 Å². The van der Waals surface area contributed by atoms with Crippen molar-refractivity contribution in [2.24, 2.45) is 5.92 Å². The van der Waals surface area contributed by atoms with Crippen LogP contribution >= 0.6 is 0 Å². The second-order valence-corrected chi connectivity index (χ2v) is 4.79. The van der Waals surface area contributed by atoms with Crippen LogP contribution in [0.25, 0.3) is 6.08 Å². The molecule has 1 heterocycles. The predicted octanol–water partition coefficient (Wildman–Crippen LogP) is 1.69. The van der Waals surface area contributed by atoms with Gasteiger partial charge in [-0.1, -0.05) is 50.6 Å². The maximum atomic E-state index is 12.0. The molecule has 0 radical (unpaired) electrons. The van der Waals surface area contributed by atoms with Crippen LogP contribution in [0.2, 0.25) is 0 Å². The van der Waals surface area contributed by atoms with Gasteiger partial charge in [-0.3, -0.25) is 9.59 Å². The molecule has 1 fully saturated rings. The van der Waals surface area contributed by atoms with E-state index in [4.69, 9.17) is 0 Å². The lowest BCUT2D eigenvalue weighted by Gasteiger charge is -2.28. The Balaban J connectivity index is 2.17. The van der Waals surface area contributed by atoms with Gasteiger partial charge in [-0.2, -0.15) is 0 Å². The fourth-order valence-corrected chi connectivity index (χ4v) is 2.01. The van der Waals surface area contributed by atoms with Crippen molar-refractivity contribution in [1.29, 1.82) is 0 Å². The van der Waals surface area contributed by atoms with E-state index < -0.39 is 6.04 Å². The van der Waals surface area contributed by atoms with Gasteiger partial charge in [0.15, 0.2) is 0 Å². The van der Waals surface area contributed by atoms with Crippen LogP contribution < -0.4 is 10.6 Å². The van der Waals surface area contributed by atoms with Gasteiger partial charge in [-0.15, -0.1) is 0 Å². The molecule has 2 rings (SSSR count). The SMILES string of the molecule is CC[C@@H](C)[C@H]1NC(=O)/C(=C\c2ccccc2)NC1=O. The van der Waals surface area contributed by atoms with Gasteiger partial charge in [0.25, 0.3) is 5.91 Å². The molecule has 100 valence electrons. The van der Waals surface area contributed by atoms with Gasteiger partial charge in [-0.05, 0) is 17.6 Å². The number of piperazine rings is 1. The van der Waals surface area contributed by atoms with E-state index in [-0.39, 0.29) is 17.7 Å². The van der Waals surface area contributed by atoms with Crippen molar-refractivity contribution in [2.45, 2.75) is 26.3 Å². The summed E-state index contributed by atoms with van der Waals surface area (Å²) in [6, 6.07) is 9.00. The monoisotopic (exact) mass is 258 g/mol. The molecule has 19 heavy (non-hydrogen) atoms. The first-order chi connectivity index (χ1) is 9.11. The van der Waals surface area contributed by atoms with Crippen LogP contribution in [0.5, 0.6) is 0 Å². The lowest BCUT2D eigenvalue weighted by molar-refractivity contribution is -0.132. The Bertz CT molecular complexity index is 508. The molecule has 1 aromatic carbocycles. The van der Waals surface area contributed by atoms with Crippen LogP contribution in [-0.2, 0) is 9.59 Å². The lowest BCUT2D eigenvalue weighted by atomic mass is 9.96. The summed E-state index contributed by atoms with van der Waals surface area (Å²) in [6.07, 6.45) is 2.52. The Kier molecular flexibility index (Phi) is 4.00. The number of carbonyl (C=O) groups excluding carboxylic acids is 2. The van der Waals surface area contributed by atoms with Gasteiger partial charge in [0.2, 0.25) is 5.91 Å². The molecule has 1 aliphatic rings. The Labute approximate surface area is 112 Å². The normalized spacial score (nSPS) is 22.8. The van der Waals surface area contributed by atoms with Crippen LogP contribution in [0.3, 0.4) is 0 Å². The molecule has 0 bridgehead atoms. The summed E-state index contributed by atoms with van der Waals surface area (Å²) in [5, 5.41) is 5.46. The van der Waals surface area contributed by atoms with Crippen LogP contribution in [0.15, 0.2) is 36.0 Å². The number of hydrogen-bond acceptors (Lipinski definition) is 2. The average Bonchev–Trinajstić information content (AvgIpc) is 2.43. The van der Waals surface area contributed by atoms with Crippen molar-refractivity contribution in [1.82, 2.24) is 10.6 Å². The molecule has 0 spiro atoms. The third kappa shape index (κ3) is 3.02. The first-order valence-corrected chi connectivity index (χ1v) is 6.50. The maximum absolute atomic E-state index is 12.0. The van der Waals surface area contributed by atoms with Crippen molar-refractivity contribution in [3.8, 4) is 0 Å². The highest BCUT2D eigenvalue weighted by molar-refractivity contribution is 6.07. The van der Waals surface area contributed by atoms with Gasteiger partial charge < -0.3 is 10.6 Å². The van der Waals surface area contributed by atoms with E-state index >= 15 is 0 Å². The average molecular weight is 258 g/mol. The van der Waals surface area contributed by atoms with Gasteiger partial charge in [0, 0.05) is 0 Å². The molecule has 1 aliphatic heterocycles. The number of hydrogen-bond donors (Lipinski definition) is 2. The summed E-state index contributed by atoms with van der Waals surface area (Å²) < 4.78 is 0. The number of carbonyl (C=O) groups is 2. The Morgan fingerprint density at radius 2 is 1.95 bits per heavy atom. The topological polar surface area (TPSA) is 58.2 Å². The third-order valence-electron chi connectivity index (χ3n) is 3.40. The van der Waals surface area contributed by atoms with Crippen molar-refractivity contribution in [3.63, 3.8) is 0 Å². The van der Waals surface area contributed by atoms with Crippen molar-refractivity contribution in [2.75, 3.05) is 0 Å². The van der Waals surface area contributed by atoms with Gasteiger partial charge in [0.1, 0.15) is 11.7 Å². The summed E-state index contributed by atoms with van der Waals surface area (Å²) in [5.74, 6) is -0.243. The molecule has 0 aromatic heterocycles. The molecule has 2 N–H and O–H groups in total. The molecule has 1 saturated heterocycles. The summed E-state index contributed by atoms with van der Waals surface area (Å²) in [7, 11) is 0. The molecule has 4 nitrogen and oxygen atoms in total. The van der Waals surface area contributed by atoms with E-state index in [1.807, 2.05) is 44.2 Å². The number of benzene rings is 1. The van der Waals surface area contributed by atoms with E-state index in [1.165, 1.54) is 0 Å². The van der Waals surface area contributed by atoms with E-state index in [0.29, 0.717) is 5.70 Å². The highest BCUT2D eigenvalue weighted by atomic mass is 16.2. The molecule has 0 aliphatic carbocycles. The summed E-state index contributed by atoms with van der Waals surface area (Å²) in [6.45, 7) is 3.95. The smallest absolute Gasteiger partial charge is 0.268 e. The lowest BCUT2D eigenvalue weighted by Crippen LogP contribution is -2.57. The summed E-state index contributed by atoms with van der Waals surface area (Å²) in [5.41, 5.74) is 1.19. The first-order valence-electron chi connectivity index (χ1n) is 6.50. The number of amides is 2. The molecule has 0 unspecified atom stereocenters. The highest BCUT2D eigenvalue weighted by Crippen LogP contribution is 2.14. The zero-order valence-corrected chi connectivity index (χ0v) is 11.1. The summed E-state index contributed by atoms with van der Waals surface area (Å²) >= 11 is 0. The van der Waals surface area contributed by atoms with Crippen LogP contribution in [0, 0.1) is 5.92 Å². The Hall–Kier alpha value is -2.10. The van der Waals surface area contributed by atoms with Crippen molar-refractivity contribution >= 4 is 17.9 Å². The Morgan fingerprint density at radius 1 is 1.26 bits per heavy atom. The first kappa shape index (κ1) is 13.3. The molecule has 4 heteroatoms. The molecular weight excluding hydrogens is 240 g/mol. The zero-order valence-electron chi connectivity index (χ0n) is 11.1. The molecule has 1 aromatic rings. The van der Waals surface area contributed by atoms with Gasteiger partial charge in [0.05, 0.1) is 0 Å². The molecule has 0 saturated carbocycles. The number of nitrogens with one attached hydrogen (secondary N) is 2. The van der Waals surface area contributed by atoms with E-state index in [1.54, 1.807) is 6.08 Å². The van der Waals surface area contributed by atoms with Crippen molar-refractivity contribution < 1.29 is 9.59 Å².